The Morgan fingerprint density at radius 1 is 1.36 bits per heavy atom. The quantitative estimate of drug-likeness (QED) is 0.720. The number of rotatable bonds is 5. The molecule has 2 nitrogen and oxygen atoms in total. The maximum absolute atomic E-state index is 14.5. The molecule has 1 aromatic rings. The van der Waals surface area contributed by atoms with E-state index in [0.29, 0.717) is 22.5 Å². The second-order valence-electron chi connectivity index (χ2n) is 7.55. The summed E-state index contributed by atoms with van der Waals surface area (Å²) in [5.74, 6) is 0.967. The van der Waals surface area contributed by atoms with Gasteiger partial charge in [-0.15, -0.1) is 0 Å². The highest BCUT2D eigenvalue weighted by Gasteiger charge is 2.38. The molecule has 2 aliphatic rings. The van der Waals surface area contributed by atoms with Crippen molar-refractivity contribution in [2.45, 2.75) is 45.1 Å². The van der Waals surface area contributed by atoms with Crippen LogP contribution in [0.25, 0.3) is 0 Å². The minimum absolute atomic E-state index is 0.185. The molecule has 0 saturated carbocycles. The first kappa shape index (κ1) is 18.5. The molecule has 0 saturated heterocycles. The molecule has 1 aliphatic carbocycles. The number of hydrogen-bond donors (Lipinski definition) is 2. The van der Waals surface area contributed by atoms with Crippen molar-refractivity contribution in [3.05, 3.63) is 52.8 Å². The van der Waals surface area contributed by atoms with Crippen molar-refractivity contribution in [1.29, 1.82) is 0 Å². The largest absolute Gasteiger partial charge is 0.396 e. The summed E-state index contributed by atoms with van der Waals surface area (Å²) in [4.78, 5) is 0. The Balaban J connectivity index is 1.92. The lowest BCUT2D eigenvalue weighted by atomic mass is 9.70. The van der Waals surface area contributed by atoms with Gasteiger partial charge in [0.1, 0.15) is 5.82 Å². The van der Waals surface area contributed by atoms with Gasteiger partial charge in [0, 0.05) is 23.6 Å². The summed E-state index contributed by atoms with van der Waals surface area (Å²) in [5.41, 5.74) is 1.58. The zero-order valence-electron chi connectivity index (χ0n) is 14.9. The Kier molecular flexibility index (Phi) is 5.85. The molecule has 0 radical (unpaired) electrons. The van der Waals surface area contributed by atoms with Gasteiger partial charge in [0.2, 0.25) is 0 Å². The molecule has 0 bridgehead atoms. The molecule has 0 amide bonds. The molecule has 1 aliphatic heterocycles. The summed E-state index contributed by atoms with van der Waals surface area (Å²) in [6.45, 7) is 4.46. The first-order chi connectivity index (χ1) is 12.0. The SMILES string of the molecule is C[C@@H](CO)CC[C@@H]1[C@H](C)c2cc(Cl)cc(F)c2N[C@H]1C1C=CC=CC1. The number of halogens is 2. The lowest BCUT2D eigenvalue weighted by molar-refractivity contribution is 0.208. The maximum atomic E-state index is 14.5. The summed E-state index contributed by atoms with van der Waals surface area (Å²) in [6, 6.07) is 3.47. The minimum atomic E-state index is -0.267. The van der Waals surface area contributed by atoms with Gasteiger partial charge in [0.05, 0.1) is 5.69 Å². The second-order valence-corrected chi connectivity index (χ2v) is 7.99. The number of nitrogens with one attached hydrogen (secondary N) is 1. The van der Waals surface area contributed by atoms with Crippen LogP contribution in [-0.4, -0.2) is 17.8 Å². The van der Waals surface area contributed by atoms with Gasteiger partial charge in [-0.2, -0.15) is 0 Å². The van der Waals surface area contributed by atoms with Crippen molar-refractivity contribution in [2.75, 3.05) is 11.9 Å². The van der Waals surface area contributed by atoms with Gasteiger partial charge < -0.3 is 10.4 Å². The van der Waals surface area contributed by atoms with E-state index in [4.69, 9.17) is 11.6 Å². The van der Waals surface area contributed by atoms with Crippen molar-refractivity contribution in [2.24, 2.45) is 17.8 Å². The number of anilines is 1. The lowest BCUT2D eigenvalue weighted by Crippen LogP contribution is -2.42. The van der Waals surface area contributed by atoms with E-state index < -0.39 is 0 Å². The van der Waals surface area contributed by atoms with Crippen LogP contribution in [0.4, 0.5) is 10.1 Å². The van der Waals surface area contributed by atoms with E-state index in [1.54, 1.807) is 0 Å². The third-order valence-electron chi connectivity index (χ3n) is 5.77. The highest BCUT2D eigenvalue weighted by Crippen LogP contribution is 2.45. The lowest BCUT2D eigenvalue weighted by Gasteiger charge is -2.43. The van der Waals surface area contributed by atoms with Crippen molar-refractivity contribution in [3.63, 3.8) is 0 Å². The molecule has 0 fully saturated rings. The maximum Gasteiger partial charge on any atom is 0.148 e. The van der Waals surface area contributed by atoms with Crippen LogP contribution in [0.1, 0.15) is 44.6 Å². The second kappa shape index (κ2) is 7.92. The predicted molar refractivity (Wildman–Crippen MR) is 103 cm³/mol. The fourth-order valence-electron chi connectivity index (χ4n) is 4.21. The summed E-state index contributed by atoms with van der Waals surface area (Å²) >= 11 is 6.11. The van der Waals surface area contributed by atoms with E-state index in [1.807, 2.05) is 6.07 Å². The van der Waals surface area contributed by atoms with Crippen molar-refractivity contribution in [3.8, 4) is 0 Å². The van der Waals surface area contributed by atoms with Crippen LogP contribution in [0.15, 0.2) is 36.4 Å². The number of aliphatic hydroxyl groups is 1. The Bertz CT molecular complexity index is 672. The van der Waals surface area contributed by atoms with E-state index in [9.17, 15) is 9.50 Å². The monoisotopic (exact) mass is 363 g/mol. The summed E-state index contributed by atoms with van der Waals surface area (Å²) in [6.07, 6.45) is 11.5. The fourth-order valence-corrected chi connectivity index (χ4v) is 4.42. The Morgan fingerprint density at radius 2 is 2.16 bits per heavy atom. The zero-order valence-corrected chi connectivity index (χ0v) is 15.6. The molecule has 1 aromatic carbocycles. The molecular formula is C21H27ClFNO. The van der Waals surface area contributed by atoms with E-state index >= 15 is 0 Å². The van der Waals surface area contributed by atoms with E-state index in [2.05, 4.69) is 43.5 Å². The van der Waals surface area contributed by atoms with Crippen molar-refractivity contribution >= 4 is 17.3 Å². The van der Waals surface area contributed by atoms with Crippen LogP contribution in [0.5, 0.6) is 0 Å². The zero-order chi connectivity index (χ0) is 18.0. The van der Waals surface area contributed by atoms with Gasteiger partial charge in [-0.05, 0) is 54.7 Å². The standard InChI is InChI=1S/C21H27ClFNO/c1-13(12-25)8-9-17-14(2)18-10-16(22)11-19(23)21(18)24-20(17)15-6-4-3-5-7-15/h3-6,10-11,13-15,17,20,24-25H,7-9,12H2,1-2H3/t13-,14+,15?,17-,20+/m1/s1. The third-order valence-corrected chi connectivity index (χ3v) is 5.99. The van der Waals surface area contributed by atoms with Crippen LogP contribution in [0.2, 0.25) is 5.02 Å². The smallest absolute Gasteiger partial charge is 0.148 e. The molecule has 5 atom stereocenters. The molecule has 4 heteroatoms. The number of aliphatic hydroxyl groups excluding tert-OH is 1. The number of fused-ring (bicyclic) bond motifs is 1. The highest BCUT2D eigenvalue weighted by atomic mass is 35.5. The third kappa shape index (κ3) is 3.93. The summed E-state index contributed by atoms with van der Waals surface area (Å²) in [5, 5.41) is 13.3. The van der Waals surface area contributed by atoms with Crippen molar-refractivity contribution < 1.29 is 9.50 Å². The van der Waals surface area contributed by atoms with Gasteiger partial charge >= 0.3 is 0 Å². The molecule has 2 N–H and O–H groups in total. The number of benzene rings is 1. The Labute approximate surface area is 154 Å². The first-order valence-corrected chi connectivity index (χ1v) is 9.58. The number of hydrogen-bond acceptors (Lipinski definition) is 2. The van der Waals surface area contributed by atoms with Gasteiger partial charge in [0.15, 0.2) is 0 Å². The van der Waals surface area contributed by atoms with Crippen LogP contribution in [0.3, 0.4) is 0 Å². The van der Waals surface area contributed by atoms with Crippen LogP contribution in [-0.2, 0) is 0 Å². The van der Waals surface area contributed by atoms with E-state index in [1.165, 1.54) is 6.07 Å². The van der Waals surface area contributed by atoms with E-state index in [-0.39, 0.29) is 30.3 Å². The predicted octanol–water partition coefficient (Wildman–Crippen LogP) is 5.53. The molecule has 3 rings (SSSR count). The highest BCUT2D eigenvalue weighted by molar-refractivity contribution is 6.30. The molecule has 0 spiro atoms. The molecular weight excluding hydrogens is 337 g/mol. The van der Waals surface area contributed by atoms with Gasteiger partial charge in [-0.25, -0.2) is 4.39 Å². The van der Waals surface area contributed by atoms with Gasteiger partial charge in [0.25, 0.3) is 0 Å². The van der Waals surface area contributed by atoms with Crippen LogP contribution in [0, 0.1) is 23.6 Å². The van der Waals surface area contributed by atoms with Gasteiger partial charge in [-0.3, -0.25) is 0 Å². The summed E-state index contributed by atoms with van der Waals surface area (Å²) in [7, 11) is 0. The molecule has 0 aromatic heterocycles. The average molecular weight is 364 g/mol. The topological polar surface area (TPSA) is 32.3 Å². The molecule has 136 valence electrons. The van der Waals surface area contributed by atoms with Crippen molar-refractivity contribution in [1.82, 2.24) is 0 Å². The molecule has 1 heterocycles. The minimum Gasteiger partial charge on any atom is -0.396 e. The van der Waals surface area contributed by atoms with Crippen LogP contribution < -0.4 is 5.32 Å². The normalized spacial score (nSPS) is 29.2. The average Bonchev–Trinajstić information content (AvgIpc) is 2.61. The molecule has 1 unspecified atom stereocenters. The van der Waals surface area contributed by atoms with Crippen LogP contribution >= 0.6 is 11.6 Å². The Morgan fingerprint density at radius 3 is 2.84 bits per heavy atom. The summed E-state index contributed by atoms with van der Waals surface area (Å²) < 4.78 is 14.5. The molecule has 25 heavy (non-hydrogen) atoms. The number of allylic oxidation sites excluding steroid dienone is 3. The van der Waals surface area contributed by atoms with E-state index in [0.717, 1.165) is 24.8 Å². The van der Waals surface area contributed by atoms with Gasteiger partial charge in [-0.1, -0.05) is 49.8 Å². The fraction of sp³-hybridized carbons (Fsp3) is 0.524. The Hall–Kier alpha value is -1.32. The first-order valence-electron chi connectivity index (χ1n) is 9.21.